The van der Waals surface area contributed by atoms with Crippen LogP contribution in [-0.4, -0.2) is 15.6 Å². The molecule has 0 radical (unpaired) electrons. The number of imidazole rings is 1. The van der Waals surface area contributed by atoms with Gasteiger partial charge >= 0.3 is 0 Å². The highest BCUT2D eigenvalue weighted by atomic mass is 15.1. The molecule has 1 aliphatic rings. The van der Waals surface area contributed by atoms with E-state index in [2.05, 4.69) is 21.8 Å². The van der Waals surface area contributed by atoms with Crippen LogP contribution in [0.25, 0.3) is 0 Å². The van der Waals surface area contributed by atoms with Gasteiger partial charge in [0.2, 0.25) is 0 Å². The Morgan fingerprint density at radius 1 is 1.80 bits per heavy atom. The lowest BCUT2D eigenvalue weighted by atomic mass is 10.2. The van der Waals surface area contributed by atoms with Crippen LogP contribution in [0.1, 0.15) is 12.6 Å². The molecule has 1 N–H and O–H groups in total. The van der Waals surface area contributed by atoms with Crippen LogP contribution in [0.15, 0.2) is 12.5 Å². The van der Waals surface area contributed by atoms with E-state index >= 15 is 0 Å². The molecule has 0 aromatic carbocycles. The molecule has 0 saturated heterocycles. The van der Waals surface area contributed by atoms with Crippen LogP contribution in [0.4, 0.5) is 0 Å². The van der Waals surface area contributed by atoms with Crippen molar-refractivity contribution in [1.82, 2.24) is 14.9 Å². The third-order valence-corrected chi connectivity index (χ3v) is 1.90. The molecular weight excluding hydrogens is 126 g/mol. The Labute approximate surface area is 60.1 Å². The predicted octanol–water partition coefficient (Wildman–Crippen LogP) is 0.375. The molecule has 54 valence electrons. The summed E-state index contributed by atoms with van der Waals surface area (Å²) in [7, 11) is 0. The second-order valence-corrected chi connectivity index (χ2v) is 2.82. The minimum Gasteiger partial charge on any atom is -0.332 e. The quantitative estimate of drug-likeness (QED) is 0.560. The summed E-state index contributed by atoms with van der Waals surface area (Å²) in [6, 6.07) is 0.585. The number of hydrogen-bond donors (Lipinski definition) is 1. The van der Waals surface area contributed by atoms with Crippen molar-refractivity contribution in [2.75, 3.05) is 0 Å². The average Bonchev–Trinajstić information content (AvgIpc) is 2.33. The van der Waals surface area contributed by atoms with Crippen molar-refractivity contribution in [3.05, 3.63) is 18.2 Å². The SMILES string of the molecule is CC1Cn2cncc2CN1. The van der Waals surface area contributed by atoms with Crippen LogP contribution < -0.4 is 5.32 Å². The first-order chi connectivity index (χ1) is 4.86. The van der Waals surface area contributed by atoms with Crippen LogP contribution in [-0.2, 0) is 13.1 Å². The van der Waals surface area contributed by atoms with Gasteiger partial charge in [0.15, 0.2) is 0 Å². The molecule has 1 unspecified atom stereocenters. The Kier molecular flexibility index (Phi) is 1.24. The molecule has 0 saturated carbocycles. The van der Waals surface area contributed by atoms with Crippen molar-refractivity contribution in [2.45, 2.75) is 26.1 Å². The minimum absolute atomic E-state index is 0.585. The zero-order chi connectivity index (χ0) is 6.97. The molecule has 1 aromatic heterocycles. The van der Waals surface area contributed by atoms with E-state index in [4.69, 9.17) is 0 Å². The fraction of sp³-hybridized carbons (Fsp3) is 0.571. The predicted molar refractivity (Wildman–Crippen MR) is 38.5 cm³/mol. The van der Waals surface area contributed by atoms with Gasteiger partial charge < -0.3 is 9.88 Å². The Bertz CT molecular complexity index is 229. The maximum absolute atomic E-state index is 4.06. The van der Waals surface area contributed by atoms with Crippen molar-refractivity contribution in [3.8, 4) is 0 Å². The van der Waals surface area contributed by atoms with E-state index in [9.17, 15) is 0 Å². The van der Waals surface area contributed by atoms with Crippen LogP contribution in [0.3, 0.4) is 0 Å². The topological polar surface area (TPSA) is 29.9 Å². The Morgan fingerprint density at radius 2 is 2.70 bits per heavy atom. The highest BCUT2D eigenvalue weighted by Gasteiger charge is 2.11. The molecule has 1 aliphatic heterocycles. The van der Waals surface area contributed by atoms with Crippen molar-refractivity contribution in [1.29, 1.82) is 0 Å². The summed E-state index contributed by atoms with van der Waals surface area (Å²) in [6.45, 7) is 4.19. The molecule has 0 aliphatic carbocycles. The van der Waals surface area contributed by atoms with Gasteiger partial charge in [0, 0.05) is 25.3 Å². The van der Waals surface area contributed by atoms with Gasteiger partial charge in [-0.1, -0.05) is 0 Å². The van der Waals surface area contributed by atoms with E-state index in [1.165, 1.54) is 5.69 Å². The van der Waals surface area contributed by atoms with Gasteiger partial charge in [-0.05, 0) is 6.92 Å². The van der Waals surface area contributed by atoms with E-state index in [0.29, 0.717) is 6.04 Å². The Morgan fingerprint density at radius 3 is 3.60 bits per heavy atom. The van der Waals surface area contributed by atoms with Crippen molar-refractivity contribution >= 4 is 0 Å². The van der Waals surface area contributed by atoms with Crippen LogP contribution >= 0.6 is 0 Å². The number of fused-ring (bicyclic) bond motifs is 1. The van der Waals surface area contributed by atoms with Gasteiger partial charge in [-0.2, -0.15) is 0 Å². The highest BCUT2D eigenvalue weighted by molar-refractivity contribution is 5.01. The van der Waals surface area contributed by atoms with Crippen LogP contribution in [0.2, 0.25) is 0 Å². The number of aromatic nitrogens is 2. The lowest BCUT2D eigenvalue weighted by Gasteiger charge is -2.21. The first kappa shape index (κ1) is 5.92. The molecule has 1 aromatic rings. The van der Waals surface area contributed by atoms with Gasteiger partial charge in [-0.15, -0.1) is 0 Å². The van der Waals surface area contributed by atoms with E-state index in [-0.39, 0.29) is 0 Å². The third kappa shape index (κ3) is 0.827. The van der Waals surface area contributed by atoms with E-state index < -0.39 is 0 Å². The van der Waals surface area contributed by atoms with Gasteiger partial charge in [0.05, 0.1) is 12.0 Å². The Hall–Kier alpha value is -0.830. The van der Waals surface area contributed by atoms with Crippen molar-refractivity contribution < 1.29 is 0 Å². The fourth-order valence-corrected chi connectivity index (χ4v) is 1.30. The van der Waals surface area contributed by atoms with Gasteiger partial charge in [0.25, 0.3) is 0 Å². The number of nitrogens with one attached hydrogen (secondary N) is 1. The molecule has 3 nitrogen and oxygen atoms in total. The maximum atomic E-state index is 4.06. The second-order valence-electron chi connectivity index (χ2n) is 2.82. The summed E-state index contributed by atoms with van der Waals surface area (Å²) in [4.78, 5) is 4.06. The van der Waals surface area contributed by atoms with Crippen molar-refractivity contribution in [2.24, 2.45) is 0 Å². The monoisotopic (exact) mass is 137 g/mol. The largest absolute Gasteiger partial charge is 0.332 e. The van der Waals surface area contributed by atoms with Crippen LogP contribution in [0.5, 0.6) is 0 Å². The summed E-state index contributed by atoms with van der Waals surface area (Å²) in [6.07, 6.45) is 3.81. The fourth-order valence-electron chi connectivity index (χ4n) is 1.30. The summed E-state index contributed by atoms with van der Waals surface area (Å²) in [5.41, 5.74) is 1.29. The molecule has 10 heavy (non-hydrogen) atoms. The molecule has 1 atom stereocenters. The molecule has 0 amide bonds. The standard InChI is InChI=1S/C7H11N3/c1-6-4-10-5-8-2-7(10)3-9-6/h2,5-6,9H,3-4H2,1H3. The lowest BCUT2D eigenvalue weighted by molar-refractivity contribution is 0.416. The van der Waals surface area contributed by atoms with Crippen LogP contribution in [0, 0.1) is 0 Å². The number of hydrogen-bond acceptors (Lipinski definition) is 2. The molecule has 0 spiro atoms. The van der Waals surface area contributed by atoms with E-state index in [0.717, 1.165) is 13.1 Å². The highest BCUT2D eigenvalue weighted by Crippen LogP contribution is 2.06. The van der Waals surface area contributed by atoms with E-state index in [1.54, 1.807) is 0 Å². The summed E-state index contributed by atoms with van der Waals surface area (Å²) in [5.74, 6) is 0. The molecule has 2 rings (SSSR count). The zero-order valence-electron chi connectivity index (χ0n) is 6.04. The Balaban J connectivity index is 2.30. The molecular formula is C7H11N3. The normalized spacial score (nSPS) is 24.3. The lowest BCUT2D eigenvalue weighted by Crippen LogP contribution is -2.35. The first-order valence-electron chi connectivity index (χ1n) is 3.58. The van der Waals surface area contributed by atoms with Gasteiger partial charge in [-0.25, -0.2) is 4.98 Å². The zero-order valence-corrected chi connectivity index (χ0v) is 6.04. The summed E-state index contributed by atoms with van der Waals surface area (Å²) in [5, 5.41) is 3.36. The minimum atomic E-state index is 0.585. The smallest absolute Gasteiger partial charge is 0.0949 e. The molecule has 3 heteroatoms. The van der Waals surface area contributed by atoms with Gasteiger partial charge in [0.1, 0.15) is 0 Å². The average molecular weight is 137 g/mol. The van der Waals surface area contributed by atoms with Crippen molar-refractivity contribution in [3.63, 3.8) is 0 Å². The summed E-state index contributed by atoms with van der Waals surface area (Å²) >= 11 is 0. The van der Waals surface area contributed by atoms with Gasteiger partial charge in [-0.3, -0.25) is 0 Å². The number of rotatable bonds is 0. The third-order valence-electron chi connectivity index (χ3n) is 1.90. The first-order valence-corrected chi connectivity index (χ1v) is 3.58. The van der Waals surface area contributed by atoms with E-state index in [1.807, 2.05) is 12.5 Å². The molecule has 0 fully saturated rings. The number of nitrogens with zero attached hydrogens (tertiary/aromatic N) is 2. The molecule has 2 heterocycles. The maximum Gasteiger partial charge on any atom is 0.0949 e. The summed E-state index contributed by atoms with van der Waals surface area (Å²) < 4.78 is 2.20. The molecule has 0 bridgehead atoms. The second kappa shape index (κ2) is 2.09.